The van der Waals surface area contributed by atoms with E-state index in [1.165, 1.54) is 7.11 Å². The molecule has 1 fully saturated rings. The number of hydrogen-bond donors (Lipinski definition) is 0. The van der Waals surface area contributed by atoms with Gasteiger partial charge in [-0.25, -0.2) is 0 Å². The van der Waals surface area contributed by atoms with Crippen LogP contribution in [-0.2, 0) is 14.3 Å². The van der Waals surface area contributed by atoms with Crippen LogP contribution in [0.25, 0.3) is 0 Å². The first-order valence-corrected chi connectivity index (χ1v) is 5.49. The van der Waals surface area contributed by atoms with Crippen LogP contribution in [0.4, 0.5) is 0 Å². The number of ether oxygens (including phenoxy) is 1. The molecule has 86 valence electrons. The lowest BCUT2D eigenvalue weighted by Gasteiger charge is -2.12. The summed E-state index contributed by atoms with van der Waals surface area (Å²) in [6.45, 7) is 6.08. The second kappa shape index (κ2) is 4.44. The Kier molecular flexibility index (Phi) is 3.66. The van der Waals surface area contributed by atoms with Gasteiger partial charge in [0, 0.05) is 13.0 Å². The molecule has 0 bridgehead atoms. The summed E-state index contributed by atoms with van der Waals surface area (Å²) in [6, 6.07) is 0. The molecule has 2 atom stereocenters. The third-order valence-corrected chi connectivity index (χ3v) is 3.28. The average molecular weight is 212 g/mol. The van der Waals surface area contributed by atoms with Gasteiger partial charge in [0.1, 0.15) is 12.4 Å². The Bertz CT molecular complexity index is 268. The van der Waals surface area contributed by atoms with E-state index in [1.54, 1.807) is 0 Å². The number of hydrogen-bond acceptors (Lipinski definition) is 3. The minimum atomic E-state index is -0.447. The number of methoxy groups -OCH3 is 1. The Morgan fingerprint density at radius 3 is 2.33 bits per heavy atom. The zero-order chi connectivity index (χ0) is 11.6. The van der Waals surface area contributed by atoms with Gasteiger partial charge in [-0.2, -0.15) is 0 Å². The predicted molar refractivity (Wildman–Crippen MR) is 57.6 cm³/mol. The highest BCUT2D eigenvalue weighted by Crippen LogP contribution is 2.53. The zero-order valence-electron chi connectivity index (χ0n) is 10.0. The summed E-state index contributed by atoms with van der Waals surface area (Å²) < 4.78 is 4.79. The normalized spacial score (nSPS) is 24.7. The summed E-state index contributed by atoms with van der Waals surface area (Å²) >= 11 is 0. The molecule has 1 aliphatic rings. The minimum absolute atomic E-state index is 0.0530. The van der Waals surface area contributed by atoms with Gasteiger partial charge in [-0.1, -0.05) is 20.8 Å². The van der Waals surface area contributed by atoms with Crippen molar-refractivity contribution in [3.8, 4) is 0 Å². The number of rotatable bonds is 6. The van der Waals surface area contributed by atoms with Gasteiger partial charge in [-0.3, -0.25) is 9.59 Å². The molecular weight excluding hydrogens is 192 g/mol. The number of Topliss-reactive ketones (excluding diaryl/α,β-unsaturated/α-hetero) is 2. The third kappa shape index (κ3) is 2.65. The maximum Gasteiger partial charge on any atom is 0.168 e. The van der Waals surface area contributed by atoms with Crippen LogP contribution in [0.3, 0.4) is 0 Å². The van der Waals surface area contributed by atoms with E-state index < -0.39 is 5.92 Å². The molecule has 3 nitrogen and oxygen atoms in total. The summed E-state index contributed by atoms with van der Waals surface area (Å²) in [5.41, 5.74) is 0.109. The lowest BCUT2D eigenvalue weighted by Crippen LogP contribution is -2.28. The first kappa shape index (κ1) is 12.4. The van der Waals surface area contributed by atoms with Crippen molar-refractivity contribution in [1.29, 1.82) is 0 Å². The molecule has 0 N–H and O–H groups in total. The van der Waals surface area contributed by atoms with E-state index in [4.69, 9.17) is 4.74 Å². The molecule has 0 saturated heterocycles. The van der Waals surface area contributed by atoms with E-state index in [-0.39, 0.29) is 29.5 Å². The highest BCUT2D eigenvalue weighted by Gasteiger charge is 2.52. The van der Waals surface area contributed by atoms with Crippen molar-refractivity contribution in [3.05, 3.63) is 0 Å². The lowest BCUT2D eigenvalue weighted by atomic mass is 9.91. The SMILES string of the molecule is CCC(C(=O)COC)C(=O)C1CC1(C)C. The summed E-state index contributed by atoms with van der Waals surface area (Å²) in [6.07, 6.45) is 1.51. The molecule has 1 saturated carbocycles. The van der Waals surface area contributed by atoms with Crippen LogP contribution >= 0.6 is 0 Å². The van der Waals surface area contributed by atoms with Crippen LogP contribution in [0, 0.1) is 17.3 Å². The molecule has 0 aromatic heterocycles. The van der Waals surface area contributed by atoms with Gasteiger partial charge >= 0.3 is 0 Å². The van der Waals surface area contributed by atoms with Crippen molar-refractivity contribution in [1.82, 2.24) is 0 Å². The molecule has 0 aromatic carbocycles. The molecule has 0 radical (unpaired) electrons. The van der Waals surface area contributed by atoms with E-state index in [0.29, 0.717) is 6.42 Å². The molecule has 15 heavy (non-hydrogen) atoms. The topological polar surface area (TPSA) is 43.4 Å². The summed E-state index contributed by atoms with van der Waals surface area (Å²) in [4.78, 5) is 23.6. The summed E-state index contributed by atoms with van der Waals surface area (Å²) in [7, 11) is 1.48. The van der Waals surface area contributed by atoms with Gasteiger partial charge in [0.05, 0.1) is 5.92 Å². The number of carbonyl (C=O) groups is 2. The molecule has 0 heterocycles. The molecular formula is C12H20O3. The Hall–Kier alpha value is -0.700. The van der Waals surface area contributed by atoms with Gasteiger partial charge in [0.15, 0.2) is 5.78 Å². The molecule has 3 heteroatoms. The van der Waals surface area contributed by atoms with Crippen LogP contribution in [0.1, 0.15) is 33.6 Å². The largest absolute Gasteiger partial charge is 0.377 e. The van der Waals surface area contributed by atoms with Crippen molar-refractivity contribution < 1.29 is 14.3 Å². The Labute approximate surface area is 91.2 Å². The van der Waals surface area contributed by atoms with E-state index in [1.807, 2.05) is 6.92 Å². The standard InChI is InChI=1S/C12H20O3/c1-5-8(10(13)7-15-4)11(14)9-6-12(9,2)3/h8-9H,5-7H2,1-4H3. The molecule has 1 aliphatic carbocycles. The molecule has 0 aliphatic heterocycles. The second-order valence-corrected chi connectivity index (χ2v) is 5.01. The van der Waals surface area contributed by atoms with Gasteiger partial charge in [0.2, 0.25) is 0 Å². The first-order chi connectivity index (χ1) is 6.94. The van der Waals surface area contributed by atoms with Crippen LogP contribution in [0.5, 0.6) is 0 Å². The molecule has 1 rings (SSSR count). The van der Waals surface area contributed by atoms with Gasteiger partial charge < -0.3 is 4.74 Å². The quantitative estimate of drug-likeness (QED) is 0.631. The zero-order valence-corrected chi connectivity index (χ0v) is 10.0. The van der Waals surface area contributed by atoms with Crippen LogP contribution in [0.15, 0.2) is 0 Å². The third-order valence-electron chi connectivity index (χ3n) is 3.28. The van der Waals surface area contributed by atoms with Crippen molar-refractivity contribution in [2.45, 2.75) is 33.6 Å². The summed E-state index contributed by atoms with van der Waals surface area (Å²) in [5.74, 6) is -0.322. The maximum atomic E-state index is 12.0. The number of carbonyl (C=O) groups excluding carboxylic acids is 2. The molecule has 0 spiro atoms. The fourth-order valence-corrected chi connectivity index (χ4v) is 2.03. The van der Waals surface area contributed by atoms with Crippen LogP contribution in [0.2, 0.25) is 0 Å². The predicted octanol–water partition coefficient (Wildman–Crippen LogP) is 1.84. The van der Waals surface area contributed by atoms with Crippen molar-refractivity contribution in [2.24, 2.45) is 17.3 Å². The maximum absolute atomic E-state index is 12.0. The van der Waals surface area contributed by atoms with E-state index in [0.717, 1.165) is 6.42 Å². The Morgan fingerprint density at radius 1 is 1.47 bits per heavy atom. The average Bonchev–Trinajstić information content (AvgIpc) is 2.76. The number of ketones is 2. The Balaban J connectivity index is 2.60. The van der Waals surface area contributed by atoms with E-state index in [9.17, 15) is 9.59 Å². The van der Waals surface area contributed by atoms with Crippen molar-refractivity contribution in [3.63, 3.8) is 0 Å². The molecule has 2 unspecified atom stereocenters. The van der Waals surface area contributed by atoms with Crippen LogP contribution < -0.4 is 0 Å². The second-order valence-electron chi connectivity index (χ2n) is 5.01. The fraction of sp³-hybridized carbons (Fsp3) is 0.833. The van der Waals surface area contributed by atoms with E-state index in [2.05, 4.69) is 13.8 Å². The molecule has 0 aromatic rings. The van der Waals surface area contributed by atoms with Crippen LogP contribution in [-0.4, -0.2) is 25.3 Å². The minimum Gasteiger partial charge on any atom is -0.377 e. The smallest absolute Gasteiger partial charge is 0.168 e. The van der Waals surface area contributed by atoms with Gasteiger partial charge in [-0.05, 0) is 18.3 Å². The highest BCUT2D eigenvalue weighted by atomic mass is 16.5. The van der Waals surface area contributed by atoms with Gasteiger partial charge in [-0.15, -0.1) is 0 Å². The van der Waals surface area contributed by atoms with Crippen molar-refractivity contribution >= 4 is 11.6 Å². The van der Waals surface area contributed by atoms with Crippen molar-refractivity contribution in [2.75, 3.05) is 13.7 Å². The summed E-state index contributed by atoms with van der Waals surface area (Å²) in [5, 5.41) is 0. The van der Waals surface area contributed by atoms with E-state index >= 15 is 0 Å². The molecule has 0 amide bonds. The lowest BCUT2D eigenvalue weighted by molar-refractivity contribution is -0.136. The highest BCUT2D eigenvalue weighted by molar-refractivity contribution is 6.05. The van der Waals surface area contributed by atoms with Gasteiger partial charge in [0.25, 0.3) is 0 Å². The Morgan fingerprint density at radius 2 is 2.00 bits per heavy atom. The fourth-order valence-electron chi connectivity index (χ4n) is 2.03. The monoisotopic (exact) mass is 212 g/mol. The first-order valence-electron chi connectivity index (χ1n) is 5.49.